The summed E-state index contributed by atoms with van der Waals surface area (Å²) in [4.78, 5) is 28.9. The topological polar surface area (TPSA) is 52.7 Å². The van der Waals surface area contributed by atoms with Crippen LogP contribution in [0.5, 0.6) is 0 Å². The first-order chi connectivity index (χ1) is 16.4. The van der Waals surface area contributed by atoms with Gasteiger partial charge in [-0.1, -0.05) is 54.6 Å². The van der Waals surface area contributed by atoms with Crippen molar-refractivity contribution in [3.05, 3.63) is 107 Å². The normalized spacial score (nSPS) is 11.1. The van der Waals surface area contributed by atoms with Crippen LogP contribution in [0.3, 0.4) is 0 Å². The van der Waals surface area contributed by atoms with Gasteiger partial charge in [0.25, 0.3) is 5.91 Å². The Kier molecular flexibility index (Phi) is 9.12. The van der Waals surface area contributed by atoms with Gasteiger partial charge < -0.3 is 15.1 Å². The van der Waals surface area contributed by atoms with Crippen molar-refractivity contribution in [3.8, 4) is 0 Å². The van der Waals surface area contributed by atoms with Crippen LogP contribution in [0.1, 0.15) is 16.7 Å². The molecule has 2 amide bonds. The molecule has 0 saturated carbocycles. The van der Waals surface area contributed by atoms with Crippen molar-refractivity contribution in [1.29, 1.82) is 0 Å². The molecule has 176 valence electrons. The lowest BCUT2D eigenvalue weighted by molar-refractivity contribution is -0.120. The van der Waals surface area contributed by atoms with Crippen LogP contribution in [0.4, 0.5) is 10.1 Å². The fourth-order valence-electron chi connectivity index (χ4n) is 3.40. The Labute approximate surface area is 200 Å². The molecule has 0 atom stereocenters. The average Bonchev–Trinajstić information content (AvgIpc) is 2.82. The molecule has 34 heavy (non-hydrogen) atoms. The molecule has 6 heteroatoms. The standard InChI is InChI=1S/C28H30FN3O2/c1-31(2)18-17-30-27(33)20-23-11-14-26(15-12-23)32(21-24-9-6-10-25(29)19-24)28(34)16-13-22-7-4-3-5-8-22/h3-16,19H,17-18,20-21H2,1-2H3,(H,30,33)/b16-13+. The van der Waals surface area contributed by atoms with Gasteiger partial charge in [-0.2, -0.15) is 0 Å². The van der Waals surface area contributed by atoms with Crippen LogP contribution in [0, 0.1) is 5.82 Å². The van der Waals surface area contributed by atoms with Gasteiger partial charge in [0, 0.05) is 24.9 Å². The van der Waals surface area contributed by atoms with Gasteiger partial charge in [0.15, 0.2) is 0 Å². The van der Waals surface area contributed by atoms with E-state index in [0.29, 0.717) is 17.8 Å². The SMILES string of the molecule is CN(C)CCNC(=O)Cc1ccc(N(Cc2cccc(F)c2)C(=O)/C=C/c2ccccc2)cc1. The van der Waals surface area contributed by atoms with Crippen molar-refractivity contribution in [1.82, 2.24) is 10.2 Å². The number of nitrogens with zero attached hydrogens (tertiary/aromatic N) is 2. The number of hydrogen-bond donors (Lipinski definition) is 1. The summed E-state index contributed by atoms with van der Waals surface area (Å²) in [6.45, 7) is 1.59. The van der Waals surface area contributed by atoms with Gasteiger partial charge >= 0.3 is 0 Å². The van der Waals surface area contributed by atoms with E-state index in [1.165, 1.54) is 18.2 Å². The molecule has 0 spiro atoms. The molecular formula is C28H30FN3O2. The zero-order valence-electron chi connectivity index (χ0n) is 19.6. The third-order valence-electron chi connectivity index (χ3n) is 5.21. The van der Waals surface area contributed by atoms with Gasteiger partial charge in [-0.3, -0.25) is 9.59 Å². The Morgan fingerprint density at radius 3 is 2.32 bits per heavy atom. The third-order valence-corrected chi connectivity index (χ3v) is 5.21. The molecule has 0 fully saturated rings. The number of carbonyl (C=O) groups excluding carboxylic acids is 2. The molecule has 0 aliphatic heterocycles. The first-order valence-corrected chi connectivity index (χ1v) is 11.2. The molecule has 0 heterocycles. The highest BCUT2D eigenvalue weighted by atomic mass is 19.1. The first kappa shape index (κ1) is 24.9. The van der Waals surface area contributed by atoms with E-state index in [2.05, 4.69) is 5.32 Å². The largest absolute Gasteiger partial charge is 0.355 e. The Hall–Kier alpha value is -3.77. The fraction of sp³-hybridized carbons (Fsp3) is 0.214. The Balaban J connectivity index is 1.75. The fourth-order valence-corrected chi connectivity index (χ4v) is 3.40. The number of carbonyl (C=O) groups is 2. The van der Waals surface area contributed by atoms with Crippen molar-refractivity contribution < 1.29 is 14.0 Å². The lowest BCUT2D eigenvalue weighted by atomic mass is 10.1. The van der Waals surface area contributed by atoms with E-state index in [1.54, 1.807) is 23.1 Å². The summed E-state index contributed by atoms with van der Waals surface area (Å²) in [6, 6.07) is 23.1. The Morgan fingerprint density at radius 2 is 1.65 bits per heavy atom. The first-order valence-electron chi connectivity index (χ1n) is 11.2. The van der Waals surface area contributed by atoms with Gasteiger partial charge in [-0.25, -0.2) is 4.39 Å². The van der Waals surface area contributed by atoms with Gasteiger partial charge in [0.1, 0.15) is 5.82 Å². The number of anilines is 1. The molecule has 0 aromatic heterocycles. The molecule has 3 rings (SSSR count). The summed E-state index contributed by atoms with van der Waals surface area (Å²) in [5, 5.41) is 2.90. The number of rotatable bonds is 10. The van der Waals surface area contributed by atoms with Crippen LogP contribution in [-0.4, -0.2) is 43.9 Å². The number of amides is 2. The monoisotopic (exact) mass is 459 g/mol. The van der Waals surface area contributed by atoms with Gasteiger partial charge in [0.05, 0.1) is 13.0 Å². The molecule has 0 radical (unpaired) electrons. The number of nitrogens with one attached hydrogen (secondary N) is 1. The van der Waals surface area contributed by atoms with Gasteiger partial charge in [0.2, 0.25) is 5.91 Å². The van der Waals surface area contributed by atoms with E-state index < -0.39 is 0 Å². The van der Waals surface area contributed by atoms with Crippen molar-refractivity contribution in [2.75, 3.05) is 32.1 Å². The number of halogens is 1. The lowest BCUT2D eigenvalue weighted by Crippen LogP contribution is -2.32. The van der Waals surface area contributed by atoms with Crippen LogP contribution in [-0.2, 0) is 22.6 Å². The maximum atomic E-state index is 13.7. The summed E-state index contributed by atoms with van der Waals surface area (Å²) < 4.78 is 13.7. The van der Waals surface area contributed by atoms with E-state index >= 15 is 0 Å². The highest BCUT2D eigenvalue weighted by Crippen LogP contribution is 2.20. The second-order valence-corrected chi connectivity index (χ2v) is 8.29. The van der Waals surface area contributed by atoms with Gasteiger partial charge in [-0.15, -0.1) is 0 Å². The number of hydrogen-bond acceptors (Lipinski definition) is 3. The van der Waals surface area contributed by atoms with Crippen LogP contribution in [0.2, 0.25) is 0 Å². The smallest absolute Gasteiger partial charge is 0.251 e. The molecule has 0 aliphatic rings. The van der Waals surface area contributed by atoms with Crippen molar-refractivity contribution in [3.63, 3.8) is 0 Å². The zero-order chi connectivity index (χ0) is 24.3. The van der Waals surface area contributed by atoms with Gasteiger partial charge in [-0.05, 0) is 61.1 Å². The van der Waals surface area contributed by atoms with E-state index in [0.717, 1.165) is 17.7 Å². The predicted molar refractivity (Wildman–Crippen MR) is 135 cm³/mol. The highest BCUT2D eigenvalue weighted by molar-refractivity contribution is 6.03. The van der Waals surface area contributed by atoms with Crippen LogP contribution in [0.15, 0.2) is 84.9 Å². The minimum absolute atomic E-state index is 0.0481. The molecule has 1 N–H and O–H groups in total. The molecule has 3 aromatic carbocycles. The summed E-state index contributed by atoms with van der Waals surface area (Å²) in [7, 11) is 3.91. The number of benzene rings is 3. The van der Waals surface area contributed by atoms with Crippen LogP contribution in [0.25, 0.3) is 6.08 Å². The second kappa shape index (κ2) is 12.5. The minimum Gasteiger partial charge on any atom is -0.355 e. The van der Waals surface area contributed by atoms with Crippen LogP contribution >= 0.6 is 0 Å². The maximum absolute atomic E-state index is 13.7. The molecule has 3 aromatic rings. The molecular weight excluding hydrogens is 429 g/mol. The molecule has 0 saturated heterocycles. The number of likely N-dealkylation sites (N-methyl/N-ethyl adjacent to an activating group) is 1. The highest BCUT2D eigenvalue weighted by Gasteiger charge is 2.15. The van der Waals surface area contributed by atoms with E-state index in [4.69, 9.17) is 0 Å². The Bertz CT molecular complexity index is 1110. The quantitative estimate of drug-likeness (QED) is 0.460. The summed E-state index contributed by atoms with van der Waals surface area (Å²) in [5.41, 5.74) is 3.12. The van der Waals surface area contributed by atoms with Crippen LogP contribution < -0.4 is 10.2 Å². The summed E-state index contributed by atoms with van der Waals surface area (Å²) in [5.74, 6) is -0.615. The molecule has 5 nitrogen and oxygen atoms in total. The molecule has 0 aliphatic carbocycles. The van der Waals surface area contributed by atoms with Crippen molar-refractivity contribution in [2.24, 2.45) is 0 Å². The van der Waals surface area contributed by atoms with Crippen molar-refractivity contribution >= 4 is 23.6 Å². The van der Waals surface area contributed by atoms with E-state index in [-0.39, 0.29) is 30.6 Å². The average molecular weight is 460 g/mol. The Morgan fingerprint density at radius 1 is 0.912 bits per heavy atom. The summed E-state index contributed by atoms with van der Waals surface area (Å²) in [6.07, 6.45) is 3.54. The maximum Gasteiger partial charge on any atom is 0.251 e. The lowest BCUT2D eigenvalue weighted by Gasteiger charge is -2.22. The third kappa shape index (κ3) is 7.98. The van der Waals surface area contributed by atoms with E-state index in [9.17, 15) is 14.0 Å². The van der Waals surface area contributed by atoms with Crippen molar-refractivity contribution in [2.45, 2.75) is 13.0 Å². The minimum atomic E-state index is -0.347. The van der Waals surface area contributed by atoms with E-state index in [1.807, 2.05) is 73.6 Å². The summed E-state index contributed by atoms with van der Waals surface area (Å²) >= 11 is 0. The zero-order valence-corrected chi connectivity index (χ0v) is 19.6. The molecule has 0 bridgehead atoms. The molecule has 0 unspecified atom stereocenters. The predicted octanol–water partition coefficient (Wildman–Crippen LogP) is 4.29. The second-order valence-electron chi connectivity index (χ2n) is 8.29.